The minimum atomic E-state index is 0.170. The monoisotopic (exact) mass is 216 g/mol. The summed E-state index contributed by atoms with van der Waals surface area (Å²) in [7, 11) is 0. The van der Waals surface area contributed by atoms with Gasteiger partial charge >= 0.3 is 0 Å². The van der Waals surface area contributed by atoms with Crippen LogP contribution in [0, 0.1) is 0 Å². The van der Waals surface area contributed by atoms with Gasteiger partial charge < -0.3 is 5.11 Å². The Morgan fingerprint density at radius 1 is 1.46 bits per heavy atom. The minimum Gasteiger partial charge on any atom is -0.506 e. The number of aromatic hydroxyl groups is 1. The maximum atomic E-state index is 9.32. The third kappa shape index (κ3) is 3.49. The van der Waals surface area contributed by atoms with E-state index in [0.717, 1.165) is 11.3 Å². The molecule has 0 aliphatic heterocycles. The van der Waals surface area contributed by atoms with Crippen LogP contribution in [0.15, 0.2) is 18.2 Å². The molecule has 0 aromatic heterocycles. The molecule has 0 bridgehead atoms. The van der Waals surface area contributed by atoms with E-state index < -0.39 is 0 Å². The fraction of sp³-hybridized carbons (Fsp3) is 0.400. The molecule has 0 heterocycles. The van der Waals surface area contributed by atoms with Gasteiger partial charge in [-0.15, -0.1) is 0 Å². The number of halogens is 1. The van der Waals surface area contributed by atoms with Crippen molar-refractivity contribution in [2.45, 2.75) is 24.9 Å². The molecule has 13 heavy (non-hydrogen) atoms. The fourth-order valence-corrected chi connectivity index (χ4v) is 1.73. The van der Waals surface area contributed by atoms with Gasteiger partial charge in [0, 0.05) is 5.75 Å². The van der Waals surface area contributed by atoms with E-state index in [9.17, 15) is 5.11 Å². The maximum absolute atomic E-state index is 9.32. The zero-order valence-electron chi connectivity index (χ0n) is 7.75. The Morgan fingerprint density at radius 2 is 2.15 bits per heavy atom. The Hall–Kier alpha value is -0.340. The third-order valence-corrected chi connectivity index (χ3v) is 3.08. The molecule has 0 saturated carbocycles. The van der Waals surface area contributed by atoms with Crippen LogP contribution in [-0.2, 0) is 5.75 Å². The molecule has 0 atom stereocenters. The number of hydrogen-bond donors (Lipinski definition) is 1. The Morgan fingerprint density at radius 3 is 2.69 bits per heavy atom. The summed E-state index contributed by atoms with van der Waals surface area (Å²) in [5, 5.41) is 10.3. The van der Waals surface area contributed by atoms with Gasteiger partial charge in [-0.1, -0.05) is 31.5 Å². The zero-order chi connectivity index (χ0) is 9.84. The number of hydrogen-bond acceptors (Lipinski definition) is 2. The summed E-state index contributed by atoms with van der Waals surface area (Å²) in [5.74, 6) is 1.09. The molecule has 0 aliphatic carbocycles. The lowest BCUT2D eigenvalue weighted by Gasteiger charge is -2.05. The first-order chi connectivity index (χ1) is 6.09. The Kier molecular flexibility index (Phi) is 3.94. The number of thioether (sulfide) groups is 1. The molecule has 1 aromatic rings. The van der Waals surface area contributed by atoms with Crippen molar-refractivity contribution in [1.82, 2.24) is 0 Å². The molecule has 0 spiro atoms. The Labute approximate surface area is 88.1 Å². The normalized spacial score (nSPS) is 10.8. The van der Waals surface area contributed by atoms with E-state index in [1.165, 1.54) is 0 Å². The van der Waals surface area contributed by atoms with Crippen molar-refractivity contribution < 1.29 is 5.11 Å². The molecule has 72 valence electrons. The second kappa shape index (κ2) is 4.77. The van der Waals surface area contributed by atoms with Gasteiger partial charge in [-0.2, -0.15) is 11.8 Å². The van der Waals surface area contributed by atoms with Crippen LogP contribution in [-0.4, -0.2) is 10.4 Å². The Bertz CT molecular complexity index is 286. The number of phenols is 1. The highest BCUT2D eigenvalue weighted by atomic mass is 35.5. The van der Waals surface area contributed by atoms with Gasteiger partial charge in [0.2, 0.25) is 0 Å². The summed E-state index contributed by atoms with van der Waals surface area (Å²) < 4.78 is 0. The van der Waals surface area contributed by atoms with E-state index in [1.807, 2.05) is 17.8 Å². The van der Waals surface area contributed by atoms with Crippen LogP contribution in [0.3, 0.4) is 0 Å². The number of benzene rings is 1. The fourth-order valence-electron chi connectivity index (χ4n) is 0.911. The van der Waals surface area contributed by atoms with Crippen molar-refractivity contribution in [3.8, 4) is 5.75 Å². The molecule has 0 radical (unpaired) electrons. The van der Waals surface area contributed by atoms with E-state index in [4.69, 9.17) is 11.6 Å². The Balaban J connectivity index is 2.63. The van der Waals surface area contributed by atoms with Gasteiger partial charge in [0.1, 0.15) is 5.75 Å². The highest BCUT2D eigenvalue weighted by molar-refractivity contribution is 7.99. The minimum absolute atomic E-state index is 0.170. The molecule has 0 aliphatic rings. The highest BCUT2D eigenvalue weighted by Gasteiger charge is 2.01. The lowest BCUT2D eigenvalue weighted by Crippen LogP contribution is -1.88. The van der Waals surface area contributed by atoms with Gasteiger partial charge in [0.25, 0.3) is 0 Å². The van der Waals surface area contributed by atoms with Crippen LogP contribution < -0.4 is 0 Å². The second-order valence-corrected chi connectivity index (χ2v) is 5.12. The van der Waals surface area contributed by atoms with Crippen molar-refractivity contribution in [1.29, 1.82) is 0 Å². The van der Waals surface area contributed by atoms with Crippen LogP contribution >= 0.6 is 23.4 Å². The van der Waals surface area contributed by atoms with E-state index in [0.29, 0.717) is 10.3 Å². The summed E-state index contributed by atoms with van der Waals surface area (Å²) in [4.78, 5) is 0. The molecule has 0 fully saturated rings. The molecular weight excluding hydrogens is 204 g/mol. The van der Waals surface area contributed by atoms with Crippen molar-refractivity contribution >= 4 is 23.4 Å². The number of rotatable bonds is 3. The van der Waals surface area contributed by atoms with E-state index >= 15 is 0 Å². The molecule has 1 aromatic carbocycles. The first kappa shape index (κ1) is 10.7. The predicted octanol–water partition coefficient (Wildman–Crippen LogP) is 3.69. The third-order valence-electron chi connectivity index (χ3n) is 1.59. The van der Waals surface area contributed by atoms with Gasteiger partial charge in [-0.25, -0.2) is 0 Å². The quantitative estimate of drug-likeness (QED) is 0.832. The summed E-state index contributed by atoms with van der Waals surface area (Å²) in [6, 6.07) is 5.39. The largest absolute Gasteiger partial charge is 0.506 e. The highest BCUT2D eigenvalue weighted by Crippen LogP contribution is 2.26. The molecule has 1 rings (SSSR count). The maximum Gasteiger partial charge on any atom is 0.134 e. The van der Waals surface area contributed by atoms with Gasteiger partial charge in [-0.05, 0) is 22.9 Å². The molecule has 0 amide bonds. The molecular formula is C10H13ClOS. The van der Waals surface area contributed by atoms with Crippen molar-refractivity contribution in [3.05, 3.63) is 28.8 Å². The summed E-state index contributed by atoms with van der Waals surface area (Å²) >= 11 is 7.53. The molecule has 3 heteroatoms. The predicted molar refractivity (Wildman–Crippen MR) is 59.5 cm³/mol. The van der Waals surface area contributed by atoms with Crippen LogP contribution in [0.1, 0.15) is 19.4 Å². The van der Waals surface area contributed by atoms with Gasteiger partial charge in [0.05, 0.1) is 5.02 Å². The smallest absolute Gasteiger partial charge is 0.134 e. The standard InChI is InChI=1S/C10H13ClOS/c1-7(2)13-6-8-3-4-9(11)10(12)5-8/h3-5,7,12H,6H2,1-2H3. The lowest BCUT2D eigenvalue weighted by atomic mass is 10.2. The average molecular weight is 217 g/mol. The van der Waals surface area contributed by atoms with Crippen LogP contribution in [0.25, 0.3) is 0 Å². The average Bonchev–Trinajstić information content (AvgIpc) is 2.07. The molecule has 0 unspecified atom stereocenters. The zero-order valence-corrected chi connectivity index (χ0v) is 9.32. The lowest BCUT2D eigenvalue weighted by molar-refractivity contribution is 0.475. The molecule has 0 saturated heterocycles. The first-order valence-electron chi connectivity index (χ1n) is 4.18. The molecule has 1 nitrogen and oxygen atoms in total. The summed E-state index contributed by atoms with van der Waals surface area (Å²) in [6.07, 6.45) is 0. The summed E-state index contributed by atoms with van der Waals surface area (Å²) in [6.45, 7) is 4.31. The van der Waals surface area contributed by atoms with Gasteiger partial charge in [-0.3, -0.25) is 0 Å². The topological polar surface area (TPSA) is 20.2 Å². The van der Waals surface area contributed by atoms with Crippen molar-refractivity contribution in [3.63, 3.8) is 0 Å². The van der Waals surface area contributed by atoms with Gasteiger partial charge in [0.15, 0.2) is 0 Å². The first-order valence-corrected chi connectivity index (χ1v) is 5.61. The van der Waals surface area contributed by atoms with E-state index in [2.05, 4.69) is 13.8 Å². The van der Waals surface area contributed by atoms with Crippen LogP contribution in [0.4, 0.5) is 0 Å². The van der Waals surface area contributed by atoms with Crippen molar-refractivity contribution in [2.75, 3.05) is 0 Å². The van der Waals surface area contributed by atoms with E-state index in [1.54, 1.807) is 12.1 Å². The van der Waals surface area contributed by atoms with Crippen LogP contribution in [0.5, 0.6) is 5.75 Å². The van der Waals surface area contributed by atoms with Crippen LogP contribution in [0.2, 0.25) is 5.02 Å². The SMILES string of the molecule is CC(C)SCc1ccc(Cl)c(O)c1. The molecule has 1 N–H and O–H groups in total. The van der Waals surface area contributed by atoms with E-state index in [-0.39, 0.29) is 5.75 Å². The second-order valence-electron chi connectivity index (χ2n) is 3.15. The number of phenolic OH excluding ortho intramolecular Hbond substituents is 1. The van der Waals surface area contributed by atoms with Crippen molar-refractivity contribution in [2.24, 2.45) is 0 Å². The summed E-state index contributed by atoms with van der Waals surface area (Å²) in [5.41, 5.74) is 1.11.